The summed E-state index contributed by atoms with van der Waals surface area (Å²) in [5.74, 6) is 1.24. The predicted molar refractivity (Wildman–Crippen MR) is 91.1 cm³/mol. The van der Waals surface area contributed by atoms with E-state index in [1.54, 1.807) is 37.4 Å². The van der Waals surface area contributed by atoms with E-state index in [1.807, 2.05) is 6.07 Å². The van der Waals surface area contributed by atoms with E-state index in [4.69, 9.17) is 9.47 Å². The van der Waals surface area contributed by atoms with E-state index in [9.17, 15) is 13.6 Å². The molecule has 0 saturated heterocycles. The number of carbonyl (C=O) groups is 1. The van der Waals surface area contributed by atoms with E-state index in [2.05, 4.69) is 4.74 Å². The van der Waals surface area contributed by atoms with Crippen molar-refractivity contribution in [2.75, 3.05) is 13.8 Å². The molecule has 136 valence electrons. The highest BCUT2D eigenvalue weighted by molar-refractivity contribution is 5.91. The van der Waals surface area contributed by atoms with Crippen LogP contribution in [0.1, 0.15) is 11.1 Å². The van der Waals surface area contributed by atoms with Crippen LogP contribution in [0.4, 0.5) is 8.78 Å². The minimum absolute atomic E-state index is 0.0837. The number of hydrogen-bond acceptors (Lipinski definition) is 4. The van der Waals surface area contributed by atoms with Crippen LogP contribution in [0.5, 0.6) is 17.2 Å². The zero-order valence-corrected chi connectivity index (χ0v) is 14.0. The first-order valence-corrected chi connectivity index (χ1v) is 7.88. The Hall–Kier alpha value is -3.09. The summed E-state index contributed by atoms with van der Waals surface area (Å²) in [5, 5.41) is 0. The second-order valence-electron chi connectivity index (χ2n) is 5.66. The van der Waals surface area contributed by atoms with Crippen LogP contribution in [-0.2, 0) is 11.3 Å². The molecule has 1 aliphatic rings. The SMILES string of the molecule is CN(Cc1ccc(OC(F)F)cc1)C(=O)/C=C/c1ccc2c(c1)OCO2. The molecule has 1 aliphatic heterocycles. The van der Waals surface area contributed by atoms with Gasteiger partial charge in [-0.25, -0.2) is 0 Å². The molecule has 7 heteroatoms. The second kappa shape index (κ2) is 7.86. The Kier molecular flexibility index (Phi) is 5.36. The smallest absolute Gasteiger partial charge is 0.387 e. The Morgan fingerprint density at radius 1 is 1.19 bits per heavy atom. The third-order valence-electron chi connectivity index (χ3n) is 3.76. The van der Waals surface area contributed by atoms with Gasteiger partial charge < -0.3 is 19.1 Å². The molecule has 0 aromatic heterocycles. The molecular weight excluding hydrogens is 344 g/mol. The molecule has 0 aliphatic carbocycles. The van der Waals surface area contributed by atoms with Crippen molar-refractivity contribution >= 4 is 12.0 Å². The number of amides is 1. The van der Waals surface area contributed by atoms with Gasteiger partial charge in [-0.2, -0.15) is 8.78 Å². The van der Waals surface area contributed by atoms with Crippen LogP contribution in [0, 0.1) is 0 Å². The third kappa shape index (κ3) is 4.50. The molecule has 0 saturated carbocycles. The third-order valence-corrected chi connectivity index (χ3v) is 3.76. The molecule has 0 spiro atoms. The average Bonchev–Trinajstić information content (AvgIpc) is 3.08. The highest BCUT2D eigenvalue weighted by Gasteiger charge is 2.13. The standard InChI is InChI=1S/C19H17F2NO4/c1-22(11-14-2-6-15(7-3-14)26-19(20)21)18(23)9-5-13-4-8-16-17(10-13)25-12-24-16/h2-10,19H,11-12H2,1H3/b9-5+. The molecule has 5 nitrogen and oxygen atoms in total. The van der Waals surface area contributed by atoms with Gasteiger partial charge in [0.2, 0.25) is 12.7 Å². The molecule has 1 heterocycles. The summed E-state index contributed by atoms with van der Waals surface area (Å²) in [6.07, 6.45) is 3.16. The largest absolute Gasteiger partial charge is 0.454 e. The van der Waals surface area contributed by atoms with Crippen LogP contribution in [0.15, 0.2) is 48.5 Å². The van der Waals surface area contributed by atoms with Crippen LogP contribution in [0.2, 0.25) is 0 Å². The van der Waals surface area contributed by atoms with Crippen LogP contribution in [-0.4, -0.2) is 31.3 Å². The van der Waals surface area contributed by atoms with Crippen molar-refractivity contribution in [2.24, 2.45) is 0 Å². The van der Waals surface area contributed by atoms with Crippen molar-refractivity contribution in [2.45, 2.75) is 13.2 Å². The first-order chi connectivity index (χ1) is 12.5. The quantitative estimate of drug-likeness (QED) is 0.737. The first kappa shape index (κ1) is 17.7. The van der Waals surface area contributed by atoms with Gasteiger partial charge in [-0.3, -0.25) is 4.79 Å². The van der Waals surface area contributed by atoms with E-state index in [-0.39, 0.29) is 18.4 Å². The van der Waals surface area contributed by atoms with Gasteiger partial charge in [0.05, 0.1) is 0 Å². The van der Waals surface area contributed by atoms with Crippen LogP contribution in [0.25, 0.3) is 6.08 Å². The van der Waals surface area contributed by atoms with E-state index >= 15 is 0 Å². The first-order valence-electron chi connectivity index (χ1n) is 7.88. The van der Waals surface area contributed by atoms with Gasteiger partial charge in [-0.15, -0.1) is 0 Å². The number of halogens is 2. The van der Waals surface area contributed by atoms with E-state index in [0.717, 1.165) is 11.1 Å². The highest BCUT2D eigenvalue weighted by Crippen LogP contribution is 2.32. The highest BCUT2D eigenvalue weighted by atomic mass is 19.3. The molecule has 2 aromatic rings. The summed E-state index contributed by atoms with van der Waals surface area (Å²) in [7, 11) is 1.66. The van der Waals surface area contributed by atoms with Gasteiger partial charge in [-0.05, 0) is 41.5 Å². The van der Waals surface area contributed by atoms with Crippen LogP contribution >= 0.6 is 0 Å². The Bertz CT molecular complexity index is 806. The fourth-order valence-corrected chi connectivity index (χ4v) is 2.44. The monoisotopic (exact) mass is 361 g/mol. The number of benzene rings is 2. The maximum Gasteiger partial charge on any atom is 0.387 e. The fourth-order valence-electron chi connectivity index (χ4n) is 2.44. The molecule has 0 atom stereocenters. The van der Waals surface area contributed by atoms with E-state index < -0.39 is 6.61 Å². The zero-order valence-electron chi connectivity index (χ0n) is 14.0. The Labute approximate surface area is 149 Å². The topological polar surface area (TPSA) is 48.0 Å². The summed E-state index contributed by atoms with van der Waals surface area (Å²) >= 11 is 0. The summed E-state index contributed by atoms with van der Waals surface area (Å²) < 4.78 is 39.1. The van der Waals surface area contributed by atoms with Crippen molar-refractivity contribution < 1.29 is 27.8 Å². The van der Waals surface area contributed by atoms with Gasteiger partial charge in [-0.1, -0.05) is 18.2 Å². The molecule has 2 aromatic carbocycles. The summed E-state index contributed by atoms with van der Waals surface area (Å²) in [5.41, 5.74) is 1.63. The lowest BCUT2D eigenvalue weighted by atomic mass is 10.2. The number of alkyl halides is 2. The number of fused-ring (bicyclic) bond motifs is 1. The van der Waals surface area contributed by atoms with Crippen molar-refractivity contribution in [1.82, 2.24) is 4.90 Å². The molecule has 1 amide bonds. The molecule has 3 rings (SSSR count). The van der Waals surface area contributed by atoms with E-state index in [0.29, 0.717) is 18.0 Å². The molecule has 0 bridgehead atoms. The minimum atomic E-state index is -2.86. The lowest BCUT2D eigenvalue weighted by Gasteiger charge is -2.15. The fraction of sp³-hybridized carbons (Fsp3) is 0.211. The van der Waals surface area contributed by atoms with Crippen molar-refractivity contribution in [3.8, 4) is 17.2 Å². The number of hydrogen-bond donors (Lipinski definition) is 0. The predicted octanol–water partition coefficient (Wildman–Crippen LogP) is 3.69. The molecule has 0 N–H and O–H groups in total. The van der Waals surface area contributed by atoms with Gasteiger partial charge in [0, 0.05) is 19.7 Å². The van der Waals surface area contributed by atoms with E-state index in [1.165, 1.54) is 23.1 Å². The van der Waals surface area contributed by atoms with Gasteiger partial charge in [0.15, 0.2) is 11.5 Å². The summed E-state index contributed by atoms with van der Waals surface area (Å²) in [4.78, 5) is 13.7. The summed E-state index contributed by atoms with van der Waals surface area (Å²) in [6, 6.07) is 11.6. The maximum absolute atomic E-state index is 12.2. The molecular formula is C19H17F2NO4. The average molecular weight is 361 g/mol. The normalized spacial score (nSPS) is 12.6. The van der Waals surface area contributed by atoms with Gasteiger partial charge in [0.25, 0.3) is 0 Å². The number of likely N-dealkylation sites (N-methyl/N-ethyl adjacent to an activating group) is 1. The molecule has 0 radical (unpaired) electrons. The van der Waals surface area contributed by atoms with Gasteiger partial charge in [0.1, 0.15) is 5.75 Å². The van der Waals surface area contributed by atoms with Crippen molar-refractivity contribution in [3.63, 3.8) is 0 Å². The van der Waals surface area contributed by atoms with Crippen molar-refractivity contribution in [1.29, 1.82) is 0 Å². The maximum atomic E-state index is 12.2. The lowest BCUT2D eigenvalue weighted by Crippen LogP contribution is -2.24. The zero-order chi connectivity index (χ0) is 18.5. The minimum Gasteiger partial charge on any atom is -0.454 e. The second-order valence-corrected chi connectivity index (χ2v) is 5.66. The Morgan fingerprint density at radius 2 is 1.92 bits per heavy atom. The van der Waals surface area contributed by atoms with Crippen LogP contribution in [0.3, 0.4) is 0 Å². The van der Waals surface area contributed by atoms with Crippen molar-refractivity contribution in [3.05, 3.63) is 59.7 Å². The lowest BCUT2D eigenvalue weighted by molar-refractivity contribution is -0.125. The van der Waals surface area contributed by atoms with Crippen LogP contribution < -0.4 is 14.2 Å². The molecule has 26 heavy (non-hydrogen) atoms. The number of ether oxygens (including phenoxy) is 3. The summed E-state index contributed by atoms with van der Waals surface area (Å²) in [6.45, 7) is -2.31. The number of carbonyl (C=O) groups excluding carboxylic acids is 1. The molecule has 0 fully saturated rings. The van der Waals surface area contributed by atoms with Gasteiger partial charge >= 0.3 is 6.61 Å². The number of nitrogens with zero attached hydrogens (tertiary/aromatic N) is 1. The Balaban J connectivity index is 1.57. The molecule has 0 unspecified atom stereocenters. The Morgan fingerprint density at radius 3 is 2.65 bits per heavy atom. The number of rotatable bonds is 6.